The van der Waals surface area contributed by atoms with Gasteiger partial charge in [-0.1, -0.05) is 53.0 Å². The average molecular weight is 675 g/mol. The second kappa shape index (κ2) is 12.1. The van der Waals surface area contributed by atoms with E-state index in [4.69, 9.17) is 44.3 Å². The van der Waals surface area contributed by atoms with Gasteiger partial charge in [-0.25, -0.2) is 0 Å². The number of benzene rings is 3. The van der Waals surface area contributed by atoms with Gasteiger partial charge >= 0.3 is 0 Å². The SMILES string of the molecule is CCOc1cc(/C=C2\SC(=O)N(Cc3c(Cl)cccc3Cl)C2=O)cc(I)c1OCc1ccc(Cl)cc1. The molecule has 4 rings (SSSR count). The number of imide groups is 1. The molecule has 0 aliphatic carbocycles. The summed E-state index contributed by atoms with van der Waals surface area (Å²) in [5.41, 5.74) is 2.21. The van der Waals surface area contributed by atoms with Gasteiger partial charge in [0.2, 0.25) is 0 Å². The van der Waals surface area contributed by atoms with Crippen molar-refractivity contribution in [3.8, 4) is 11.5 Å². The maximum atomic E-state index is 13.1. The van der Waals surface area contributed by atoms with E-state index in [1.807, 2.05) is 37.3 Å². The van der Waals surface area contributed by atoms with Crippen LogP contribution in [-0.4, -0.2) is 22.7 Å². The topological polar surface area (TPSA) is 55.8 Å². The predicted molar refractivity (Wildman–Crippen MR) is 154 cm³/mol. The molecule has 1 aliphatic rings. The third-order valence-corrected chi connectivity index (χ3v) is 7.85. The maximum absolute atomic E-state index is 13.1. The normalized spacial score (nSPS) is 14.6. The third kappa shape index (κ3) is 6.31. The first-order valence-electron chi connectivity index (χ1n) is 10.8. The minimum absolute atomic E-state index is 0.000278. The molecule has 0 radical (unpaired) electrons. The minimum Gasteiger partial charge on any atom is -0.490 e. The number of ether oxygens (including phenoxy) is 2. The Bertz CT molecular complexity index is 1330. The van der Waals surface area contributed by atoms with Crippen molar-refractivity contribution < 1.29 is 19.1 Å². The summed E-state index contributed by atoms with van der Waals surface area (Å²) in [6, 6.07) is 16.1. The first-order chi connectivity index (χ1) is 17.3. The molecule has 3 aromatic carbocycles. The molecule has 0 spiro atoms. The lowest BCUT2D eigenvalue weighted by Crippen LogP contribution is -2.27. The van der Waals surface area contributed by atoms with Crippen LogP contribution in [0.1, 0.15) is 23.6 Å². The molecule has 0 bridgehead atoms. The molecule has 1 saturated heterocycles. The van der Waals surface area contributed by atoms with E-state index in [9.17, 15) is 9.59 Å². The lowest BCUT2D eigenvalue weighted by molar-refractivity contribution is -0.123. The Balaban J connectivity index is 1.56. The smallest absolute Gasteiger partial charge is 0.293 e. The minimum atomic E-state index is -0.406. The van der Waals surface area contributed by atoms with Crippen molar-refractivity contribution in [1.82, 2.24) is 4.90 Å². The van der Waals surface area contributed by atoms with Crippen LogP contribution in [-0.2, 0) is 17.9 Å². The van der Waals surface area contributed by atoms with Gasteiger partial charge in [0.25, 0.3) is 11.1 Å². The number of thioether (sulfide) groups is 1. The van der Waals surface area contributed by atoms with E-state index < -0.39 is 5.91 Å². The number of rotatable bonds is 8. The Morgan fingerprint density at radius 3 is 2.36 bits per heavy atom. The Kier molecular flexibility index (Phi) is 9.11. The number of hydrogen-bond acceptors (Lipinski definition) is 5. The molecule has 0 saturated carbocycles. The van der Waals surface area contributed by atoms with Gasteiger partial charge in [0.15, 0.2) is 11.5 Å². The largest absolute Gasteiger partial charge is 0.490 e. The van der Waals surface area contributed by atoms with Crippen molar-refractivity contribution in [2.45, 2.75) is 20.1 Å². The zero-order valence-electron chi connectivity index (χ0n) is 18.9. The zero-order valence-corrected chi connectivity index (χ0v) is 24.1. The summed E-state index contributed by atoms with van der Waals surface area (Å²) in [5.74, 6) is 0.745. The first kappa shape index (κ1) is 27.1. The molecule has 3 aromatic rings. The predicted octanol–water partition coefficient (Wildman–Crippen LogP) is 8.47. The van der Waals surface area contributed by atoms with Crippen LogP contribution < -0.4 is 9.47 Å². The molecule has 10 heteroatoms. The fraction of sp³-hybridized carbons (Fsp3) is 0.154. The van der Waals surface area contributed by atoms with Crippen molar-refractivity contribution in [2.75, 3.05) is 6.61 Å². The molecule has 0 atom stereocenters. The van der Waals surface area contributed by atoms with Gasteiger partial charge in [-0.05, 0) is 94.9 Å². The summed E-state index contributed by atoms with van der Waals surface area (Å²) < 4.78 is 12.7. The van der Waals surface area contributed by atoms with Crippen LogP contribution in [0.2, 0.25) is 15.1 Å². The second-order valence-electron chi connectivity index (χ2n) is 7.65. The highest BCUT2D eigenvalue weighted by Crippen LogP contribution is 2.39. The molecule has 0 aromatic heterocycles. The van der Waals surface area contributed by atoms with Crippen LogP contribution >= 0.6 is 69.2 Å². The lowest BCUT2D eigenvalue weighted by atomic mass is 10.1. The van der Waals surface area contributed by atoms with Crippen LogP contribution in [0.25, 0.3) is 6.08 Å². The summed E-state index contributed by atoms with van der Waals surface area (Å²) in [7, 11) is 0. The monoisotopic (exact) mass is 673 g/mol. The molecule has 2 amide bonds. The fourth-order valence-corrected chi connectivity index (χ4v) is 5.70. The molecule has 1 heterocycles. The van der Waals surface area contributed by atoms with Crippen LogP contribution in [0.5, 0.6) is 11.5 Å². The number of amides is 2. The van der Waals surface area contributed by atoms with Crippen molar-refractivity contribution in [2.24, 2.45) is 0 Å². The molecule has 5 nitrogen and oxygen atoms in total. The highest BCUT2D eigenvalue weighted by atomic mass is 127. The van der Waals surface area contributed by atoms with Crippen LogP contribution in [0.15, 0.2) is 59.5 Å². The molecule has 0 unspecified atom stereocenters. The van der Waals surface area contributed by atoms with Crippen LogP contribution in [0.3, 0.4) is 0 Å². The second-order valence-corrected chi connectivity index (χ2v) is 11.1. The zero-order chi connectivity index (χ0) is 25.8. The van der Waals surface area contributed by atoms with Crippen LogP contribution in [0.4, 0.5) is 4.79 Å². The molecule has 36 heavy (non-hydrogen) atoms. The number of halogens is 4. The van der Waals surface area contributed by atoms with E-state index in [1.54, 1.807) is 30.3 Å². The van der Waals surface area contributed by atoms with Crippen molar-refractivity contribution in [3.05, 3.63) is 94.8 Å². The van der Waals surface area contributed by atoms with Gasteiger partial charge < -0.3 is 9.47 Å². The number of carbonyl (C=O) groups is 2. The van der Waals surface area contributed by atoms with E-state index in [1.165, 1.54) is 0 Å². The molecular weight excluding hydrogens is 656 g/mol. The van der Waals surface area contributed by atoms with Crippen molar-refractivity contribution in [3.63, 3.8) is 0 Å². The van der Waals surface area contributed by atoms with E-state index in [0.29, 0.717) is 55.8 Å². The average Bonchev–Trinajstić information content (AvgIpc) is 3.09. The first-order valence-corrected chi connectivity index (χ1v) is 13.8. The van der Waals surface area contributed by atoms with Gasteiger partial charge in [-0.3, -0.25) is 14.5 Å². The summed E-state index contributed by atoms with van der Waals surface area (Å²) in [6.07, 6.45) is 1.67. The lowest BCUT2D eigenvalue weighted by Gasteiger charge is -2.15. The molecule has 1 fully saturated rings. The molecule has 0 N–H and O–H groups in total. The summed E-state index contributed by atoms with van der Waals surface area (Å²) >= 11 is 21.5. The maximum Gasteiger partial charge on any atom is 0.293 e. The Morgan fingerprint density at radius 2 is 1.69 bits per heavy atom. The Labute approximate surface area is 241 Å². The van der Waals surface area contributed by atoms with E-state index in [0.717, 1.165) is 25.8 Å². The van der Waals surface area contributed by atoms with Gasteiger partial charge in [-0.15, -0.1) is 0 Å². The third-order valence-electron chi connectivity index (χ3n) is 5.18. The van der Waals surface area contributed by atoms with E-state index in [-0.39, 0.29) is 11.8 Å². The quantitative estimate of drug-likeness (QED) is 0.177. The standard InChI is InChI=1S/C26H19Cl3INO4S/c1-2-34-22-11-16(10-21(30)24(22)35-14-15-6-8-17(27)9-7-15)12-23-25(32)31(26(33)36-23)13-18-19(28)4-3-5-20(18)29/h3-12H,2,13-14H2,1H3/b23-12-. The fourth-order valence-electron chi connectivity index (χ4n) is 3.44. The van der Waals surface area contributed by atoms with Crippen molar-refractivity contribution >= 4 is 86.4 Å². The summed E-state index contributed by atoms with van der Waals surface area (Å²) in [5, 5.41) is 1.07. The molecular formula is C26H19Cl3INO4S. The summed E-state index contributed by atoms with van der Waals surface area (Å²) in [4.78, 5) is 27.1. The number of hydrogen-bond donors (Lipinski definition) is 0. The van der Waals surface area contributed by atoms with Gasteiger partial charge in [0.1, 0.15) is 6.61 Å². The Morgan fingerprint density at radius 1 is 1.00 bits per heavy atom. The highest BCUT2D eigenvalue weighted by molar-refractivity contribution is 14.1. The highest BCUT2D eigenvalue weighted by Gasteiger charge is 2.35. The van der Waals surface area contributed by atoms with Crippen molar-refractivity contribution in [1.29, 1.82) is 0 Å². The van der Waals surface area contributed by atoms with E-state index >= 15 is 0 Å². The van der Waals surface area contributed by atoms with Gasteiger partial charge in [-0.2, -0.15) is 0 Å². The number of carbonyl (C=O) groups excluding carboxylic acids is 2. The van der Waals surface area contributed by atoms with E-state index in [2.05, 4.69) is 22.6 Å². The van der Waals surface area contributed by atoms with Gasteiger partial charge in [0.05, 0.1) is 21.6 Å². The Hall–Kier alpha value is -1.91. The number of nitrogens with zero attached hydrogens (tertiary/aromatic N) is 1. The molecule has 186 valence electrons. The molecule has 1 aliphatic heterocycles. The summed E-state index contributed by atoms with van der Waals surface area (Å²) in [6.45, 7) is 2.66. The van der Waals surface area contributed by atoms with Gasteiger partial charge in [0, 0.05) is 20.6 Å². The van der Waals surface area contributed by atoms with Crippen LogP contribution in [0, 0.1) is 3.57 Å².